The Morgan fingerprint density at radius 1 is 1.22 bits per heavy atom. The van der Waals surface area contributed by atoms with Crippen LogP contribution in [0.4, 0.5) is 0 Å². The lowest BCUT2D eigenvalue weighted by atomic mass is 9.92. The highest BCUT2D eigenvalue weighted by atomic mass is 28.4. The fourth-order valence-corrected chi connectivity index (χ4v) is 3.58. The fourth-order valence-electron chi connectivity index (χ4n) is 2.80. The van der Waals surface area contributed by atoms with Gasteiger partial charge in [-0.1, -0.05) is 26.0 Å². The number of fused-ring (bicyclic) bond motifs is 1. The van der Waals surface area contributed by atoms with E-state index in [9.17, 15) is 9.90 Å². The molecule has 0 saturated carbocycles. The van der Waals surface area contributed by atoms with Crippen LogP contribution in [-0.4, -0.2) is 31.4 Å². The highest BCUT2D eigenvalue weighted by Gasteiger charge is 2.37. The van der Waals surface area contributed by atoms with Crippen molar-refractivity contribution in [3.05, 3.63) is 34.9 Å². The van der Waals surface area contributed by atoms with Gasteiger partial charge in [-0.2, -0.15) is 0 Å². The molecule has 1 aliphatic carbocycles. The highest BCUT2D eigenvalue weighted by molar-refractivity contribution is 6.72. The van der Waals surface area contributed by atoms with Crippen molar-refractivity contribution < 1.29 is 14.6 Å². The number of ether oxygens (including phenoxy) is 1. The summed E-state index contributed by atoms with van der Waals surface area (Å²) in [4.78, 5) is 10.3. The molecule has 1 aliphatic rings. The van der Waals surface area contributed by atoms with E-state index < -0.39 is 8.32 Å². The summed E-state index contributed by atoms with van der Waals surface area (Å²) >= 11 is 0. The first-order chi connectivity index (χ1) is 10.7. The van der Waals surface area contributed by atoms with Gasteiger partial charge in [0.15, 0.2) is 8.32 Å². The van der Waals surface area contributed by atoms with Crippen LogP contribution in [0.1, 0.15) is 44.2 Å². The maximum absolute atomic E-state index is 10.3. The van der Waals surface area contributed by atoms with Gasteiger partial charge < -0.3 is 14.6 Å². The Morgan fingerprint density at radius 3 is 2.61 bits per heavy atom. The van der Waals surface area contributed by atoms with Crippen LogP contribution in [0.3, 0.4) is 0 Å². The summed E-state index contributed by atoms with van der Waals surface area (Å²) in [7, 11) is -2.14. The summed E-state index contributed by atoms with van der Waals surface area (Å²) in [6.07, 6.45) is 5.87. The van der Waals surface area contributed by atoms with Crippen LogP contribution in [-0.2, 0) is 6.42 Å². The van der Waals surface area contributed by atoms with Crippen LogP contribution in [0.15, 0.2) is 23.8 Å². The largest absolute Gasteiger partial charge is 0.493 e. The van der Waals surface area contributed by atoms with Gasteiger partial charge in [-0.15, -0.1) is 0 Å². The summed E-state index contributed by atoms with van der Waals surface area (Å²) in [5, 5.41) is 9.35. The third kappa shape index (κ3) is 4.46. The van der Waals surface area contributed by atoms with E-state index in [2.05, 4.69) is 26.0 Å². The number of hydrogen-bond acceptors (Lipinski definition) is 3. The lowest BCUT2D eigenvalue weighted by Gasteiger charge is -2.35. The summed E-state index contributed by atoms with van der Waals surface area (Å²) in [5.41, 5.74) is 3.49. The highest BCUT2D eigenvalue weighted by Crippen LogP contribution is 2.40. The second-order valence-electron chi connectivity index (χ2n) is 7.68. The van der Waals surface area contributed by atoms with Gasteiger partial charge in [0.25, 0.3) is 0 Å². The molecule has 1 aromatic rings. The first-order valence-corrected chi connectivity index (χ1v) is 11.5. The van der Waals surface area contributed by atoms with Crippen LogP contribution < -0.4 is 4.74 Å². The molecule has 0 bridgehead atoms. The van der Waals surface area contributed by atoms with Gasteiger partial charge in [0, 0.05) is 5.56 Å². The summed E-state index contributed by atoms with van der Waals surface area (Å²) in [6, 6.07) is 6.18. The molecule has 0 spiro atoms. The van der Waals surface area contributed by atoms with Crippen molar-refractivity contribution in [2.75, 3.05) is 13.2 Å². The van der Waals surface area contributed by atoms with Crippen LogP contribution in [0.2, 0.25) is 18.1 Å². The van der Waals surface area contributed by atoms with Gasteiger partial charge in [0.05, 0.1) is 13.2 Å². The van der Waals surface area contributed by atoms with Crippen molar-refractivity contribution in [1.82, 2.24) is 0 Å². The zero-order valence-electron chi connectivity index (χ0n) is 14.9. The second kappa shape index (κ2) is 7.20. The minimum absolute atomic E-state index is 0.00354. The molecule has 3 nitrogen and oxygen atoms in total. The molecule has 0 heterocycles. The third-order valence-electron chi connectivity index (χ3n) is 5.28. The summed E-state index contributed by atoms with van der Waals surface area (Å²) in [5.74, 6) is 0.909. The van der Waals surface area contributed by atoms with E-state index >= 15 is 0 Å². The monoisotopic (exact) mass is 334 g/mol. The first-order valence-electron chi connectivity index (χ1n) is 8.52. The zero-order chi connectivity index (χ0) is 17.1. The predicted molar refractivity (Wildman–Crippen MR) is 98.3 cm³/mol. The maximum atomic E-state index is 10.3. The number of aliphatic hydroxyl groups excluding tert-OH is 1. The van der Waals surface area contributed by atoms with Gasteiger partial charge in [0.2, 0.25) is 0 Å². The smallest absolute Gasteiger partial charge is 0.188 e. The molecule has 0 amide bonds. The lowest BCUT2D eigenvalue weighted by molar-refractivity contribution is 0.293. The van der Waals surface area contributed by atoms with Gasteiger partial charge in [-0.3, -0.25) is 0 Å². The van der Waals surface area contributed by atoms with Crippen molar-refractivity contribution in [2.45, 2.75) is 57.7 Å². The third-order valence-corrected chi connectivity index (χ3v) is 8.85. The van der Waals surface area contributed by atoms with Gasteiger partial charge in [-0.05, 0) is 67.1 Å². The van der Waals surface area contributed by atoms with Crippen molar-refractivity contribution >= 4 is 14.4 Å². The molecule has 0 radical (unpaired) electrons. The second-order valence-corrected chi connectivity index (χ2v) is 12.2. The lowest BCUT2D eigenvalue weighted by Crippen LogP contribution is -2.39. The van der Waals surface area contributed by atoms with Crippen LogP contribution in [0.25, 0.3) is 6.08 Å². The summed E-state index contributed by atoms with van der Waals surface area (Å²) < 4.78 is 6.01. The molecule has 0 fully saturated rings. The van der Waals surface area contributed by atoms with Gasteiger partial charge in [0.1, 0.15) is 5.75 Å². The quantitative estimate of drug-likeness (QED) is 0.582. The zero-order valence-corrected chi connectivity index (χ0v) is 15.9. The predicted octanol–water partition coefficient (Wildman–Crippen LogP) is 4.15. The first kappa shape index (κ1) is 18.2. The van der Waals surface area contributed by atoms with E-state index in [0.29, 0.717) is 6.61 Å². The minimum atomic E-state index is -2.14. The molecule has 2 N–H and O–H groups in total. The van der Waals surface area contributed by atoms with Crippen molar-refractivity contribution in [3.63, 3.8) is 0 Å². The molecular formula is C19H30O3Si. The maximum Gasteiger partial charge on any atom is 0.188 e. The van der Waals surface area contributed by atoms with Gasteiger partial charge in [-0.25, -0.2) is 0 Å². The average Bonchev–Trinajstić information content (AvgIpc) is 2.50. The van der Waals surface area contributed by atoms with Gasteiger partial charge >= 0.3 is 0 Å². The molecule has 0 aromatic heterocycles. The van der Waals surface area contributed by atoms with Crippen LogP contribution in [0.5, 0.6) is 5.75 Å². The Hall–Kier alpha value is -1.10. The molecule has 0 aliphatic heterocycles. The fraction of sp³-hybridized carbons (Fsp3) is 0.579. The summed E-state index contributed by atoms with van der Waals surface area (Å²) in [6.45, 7) is 9.09. The molecule has 2 rings (SSSR count). The van der Waals surface area contributed by atoms with Crippen molar-refractivity contribution in [3.8, 4) is 5.75 Å². The Labute approximate surface area is 141 Å². The standard InChI is InChI=1S/C19H30O3Si/c1-19(2,23(3,4)21)11-6-12-22-18-8-5-7-16-10-9-15(14-20)13-17(16)18/h5,7-8,13,20-21H,6,9-12,14H2,1-4H3. The Kier molecular flexibility index (Phi) is 5.71. The van der Waals surface area contributed by atoms with Crippen molar-refractivity contribution in [1.29, 1.82) is 0 Å². The van der Waals surface area contributed by atoms with E-state index in [0.717, 1.165) is 42.6 Å². The number of benzene rings is 1. The van der Waals surface area contributed by atoms with E-state index in [1.807, 2.05) is 25.2 Å². The molecule has 128 valence electrons. The molecular weight excluding hydrogens is 304 g/mol. The minimum Gasteiger partial charge on any atom is -0.493 e. The molecule has 0 saturated heterocycles. The number of hydrogen-bond donors (Lipinski definition) is 2. The van der Waals surface area contributed by atoms with Crippen molar-refractivity contribution in [2.24, 2.45) is 0 Å². The number of rotatable bonds is 7. The Morgan fingerprint density at radius 2 is 1.96 bits per heavy atom. The van der Waals surface area contributed by atoms with E-state index in [4.69, 9.17) is 4.74 Å². The van der Waals surface area contributed by atoms with Crippen LogP contribution >= 0.6 is 0 Å². The topological polar surface area (TPSA) is 49.7 Å². The molecule has 0 unspecified atom stereocenters. The Bertz CT molecular complexity index is 570. The Balaban J connectivity index is 1.97. The molecule has 0 atom stereocenters. The normalized spacial score (nSPS) is 15.1. The van der Waals surface area contributed by atoms with E-state index in [1.165, 1.54) is 5.56 Å². The van der Waals surface area contributed by atoms with Crippen LogP contribution in [0, 0.1) is 0 Å². The number of aliphatic hydroxyl groups is 1. The molecule has 1 aromatic carbocycles. The van der Waals surface area contributed by atoms with E-state index in [1.54, 1.807) is 0 Å². The SMILES string of the molecule is CC(C)(CCCOc1cccc2c1C=C(CO)CC2)[Si](C)(C)O. The molecule has 23 heavy (non-hydrogen) atoms. The average molecular weight is 335 g/mol. The van der Waals surface area contributed by atoms with E-state index in [-0.39, 0.29) is 11.6 Å². The number of aryl methyl sites for hydroxylation is 1. The molecule has 4 heteroatoms.